The molecule has 0 bridgehead atoms. The Morgan fingerprint density at radius 2 is 1.80 bits per heavy atom. The summed E-state index contributed by atoms with van der Waals surface area (Å²) in [5, 5.41) is 19.2. The number of carbonyl (C=O) groups is 1. The van der Waals surface area contributed by atoms with Crippen molar-refractivity contribution in [3.8, 4) is 0 Å². The summed E-state index contributed by atoms with van der Waals surface area (Å²) in [6, 6.07) is 3.08. The molecule has 1 heterocycles. The number of nitrogens with zero attached hydrogens (tertiary/aromatic N) is 1. The molecule has 78 valence electrons. The van der Waals surface area contributed by atoms with Crippen LogP contribution in [0.25, 0.3) is 0 Å². The molecule has 7 heteroatoms. The van der Waals surface area contributed by atoms with Crippen molar-refractivity contribution in [1.82, 2.24) is 4.98 Å². The van der Waals surface area contributed by atoms with Crippen molar-refractivity contribution in [2.75, 3.05) is 0 Å². The predicted molar refractivity (Wildman–Crippen MR) is 48.0 cm³/mol. The lowest BCUT2D eigenvalue weighted by atomic mass is 10.3. The summed E-state index contributed by atoms with van der Waals surface area (Å²) in [6.45, 7) is 0. The van der Waals surface area contributed by atoms with Crippen molar-refractivity contribution in [2.45, 2.75) is 0 Å². The number of aromatic nitrogens is 1. The number of nitrogens with one attached hydrogen (secondary N) is 2. The summed E-state index contributed by atoms with van der Waals surface area (Å²) in [6.07, 6.45) is 4.34. The fraction of sp³-hybridized carbons (Fsp3) is 0. The Hall–Kier alpha value is -2.62. The van der Waals surface area contributed by atoms with E-state index in [1.807, 2.05) is 0 Å². The highest BCUT2D eigenvalue weighted by atomic mass is 16.4. The first kappa shape index (κ1) is 14.9. The Bertz CT molecular complexity index is 339. The van der Waals surface area contributed by atoms with Gasteiger partial charge in [-0.15, -0.1) is 0 Å². The quantitative estimate of drug-likeness (QED) is 0.459. The minimum atomic E-state index is -0.942. The van der Waals surface area contributed by atoms with Gasteiger partial charge in [0, 0.05) is 12.4 Å². The van der Waals surface area contributed by atoms with E-state index in [4.69, 9.17) is 25.5 Å². The SMILES string of the molecule is N=C=O.N=C=O.O=C(O)c1cccnc1. The predicted octanol–water partition coefficient (Wildman–Crippen LogP) is 0.582. The molecule has 1 rings (SSSR count). The first-order chi connectivity index (χ1) is 7.13. The van der Waals surface area contributed by atoms with Gasteiger partial charge in [-0.3, -0.25) is 4.98 Å². The van der Waals surface area contributed by atoms with E-state index in [0.717, 1.165) is 12.2 Å². The zero-order valence-corrected chi connectivity index (χ0v) is 7.43. The van der Waals surface area contributed by atoms with Crippen LogP contribution in [-0.4, -0.2) is 28.2 Å². The molecule has 7 nitrogen and oxygen atoms in total. The summed E-state index contributed by atoms with van der Waals surface area (Å²) >= 11 is 0. The lowest BCUT2D eigenvalue weighted by Crippen LogP contribution is -1.94. The zero-order chi connectivity index (χ0) is 12.1. The molecule has 0 saturated carbocycles. The first-order valence-electron chi connectivity index (χ1n) is 3.35. The van der Waals surface area contributed by atoms with Crippen LogP contribution in [0.5, 0.6) is 0 Å². The molecule has 15 heavy (non-hydrogen) atoms. The van der Waals surface area contributed by atoms with Gasteiger partial charge in [0.05, 0.1) is 5.56 Å². The molecule has 0 amide bonds. The minimum Gasteiger partial charge on any atom is -0.478 e. The average molecular weight is 209 g/mol. The third kappa shape index (κ3) is 11.4. The van der Waals surface area contributed by atoms with Gasteiger partial charge in [-0.2, -0.15) is 0 Å². The average Bonchev–Trinajstić information content (AvgIpc) is 2.21. The van der Waals surface area contributed by atoms with E-state index in [1.54, 1.807) is 6.07 Å². The van der Waals surface area contributed by atoms with Crippen LogP contribution in [0.3, 0.4) is 0 Å². The van der Waals surface area contributed by atoms with Crippen LogP contribution in [0.2, 0.25) is 0 Å². The van der Waals surface area contributed by atoms with Crippen LogP contribution in [0.15, 0.2) is 24.5 Å². The number of isocyanates is 2. The van der Waals surface area contributed by atoms with Gasteiger partial charge in [-0.25, -0.2) is 25.2 Å². The maximum absolute atomic E-state index is 10.2. The second-order valence-corrected chi connectivity index (χ2v) is 1.75. The topological polar surface area (TPSA) is 132 Å². The molecule has 0 spiro atoms. The monoisotopic (exact) mass is 209 g/mol. The maximum atomic E-state index is 10.2. The van der Waals surface area contributed by atoms with Gasteiger partial charge in [-0.05, 0) is 12.1 Å². The normalized spacial score (nSPS) is 6.40. The molecule has 0 aromatic carbocycles. The standard InChI is InChI=1S/C6H5NO2.2CHNO/c8-6(9)5-2-1-3-7-4-5;2*2-1-3/h1-4H,(H,8,9);2*2H. The van der Waals surface area contributed by atoms with Crippen molar-refractivity contribution >= 4 is 18.1 Å². The largest absolute Gasteiger partial charge is 0.478 e. The molecule has 0 fully saturated rings. The molecule has 0 unspecified atom stereocenters. The molecule has 0 saturated heterocycles. The highest BCUT2D eigenvalue weighted by Crippen LogP contribution is 1.92. The van der Waals surface area contributed by atoms with Gasteiger partial charge < -0.3 is 5.11 Å². The summed E-state index contributed by atoms with van der Waals surface area (Å²) in [5.74, 6) is -0.942. The van der Waals surface area contributed by atoms with Crippen LogP contribution in [0.4, 0.5) is 0 Å². The van der Waals surface area contributed by atoms with Crippen LogP contribution < -0.4 is 0 Å². The number of hydrogen-bond acceptors (Lipinski definition) is 6. The minimum absolute atomic E-state index is 0.220. The van der Waals surface area contributed by atoms with Gasteiger partial charge in [0.25, 0.3) is 0 Å². The highest BCUT2D eigenvalue weighted by Gasteiger charge is 1.97. The van der Waals surface area contributed by atoms with Gasteiger partial charge in [0.2, 0.25) is 12.2 Å². The number of aromatic carboxylic acids is 1. The van der Waals surface area contributed by atoms with E-state index >= 15 is 0 Å². The van der Waals surface area contributed by atoms with Gasteiger partial charge in [-0.1, -0.05) is 0 Å². The Morgan fingerprint density at radius 3 is 2.00 bits per heavy atom. The molecule has 0 aliphatic heterocycles. The van der Waals surface area contributed by atoms with E-state index in [1.165, 1.54) is 18.5 Å². The maximum Gasteiger partial charge on any atom is 0.337 e. The molecule has 3 N–H and O–H groups in total. The van der Waals surface area contributed by atoms with E-state index in [-0.39, 0.29) is 5.56 Å². The van der Waals surface area contributed by atoms with Gasteiger partial charge >= 0.3 is 5.97 Å². The molecule has 1 aromatic rings. The third-order valence-corrected chi connectivity index (χ3v) is 0.908. The van der Waals surface area contributed by atoms with Gasteiger partial charge in [0.15, 0.2) is 0 Å². The number of carboxylic acid groups (broad SMARTS) is 1. The smallest absolute Gasteiger partial charge is 0.337 e. The molecule has 0 radical (unpaired) electrons. The fourth-order valence-electron chi connectivity index (χ4n) is 0.489. The molecule has 0 atom stereocenters. The van der Waals surface area contributed by atoms with Crippen molar-refractivity contribution < 1.29 is 19.5 Å². The van der Waals surface area contributed by atoms with Crippen LogP contribution in [-0.2, 0) is 9.59 Å². The fourth-order valence-corrected chi connectivity index (χ4v) is 0.489. The summed E-state index contributed by atoms with van der Waals surface area (Å²) in [5.41, 5.74) is 0.220. The van der Waals surface area contributed by atoms with Crippen LogP contribution in [0.1, 0.15) is 10.4 Å². The second kappa shape index (κ2) is 11.4. The van der Waals surface area contributed by atoms with Crippen molar-refractivity contribution in [2.24, 2.45) is 0 Å². The molecular weight excluding hydrogens is 202 g/mol. The molecule has 0 aliphatic carbocycles. The summed E-state index contributed by atoms with van der Waals surface area (Å²) in [7, 11) is 0. The Morgan fingerprint density at radius 1 is 1.33 bits per heavy atom. The highest BCUT2D eigenvalue weighted by molar-refractivity contribution is 5.86. The molecule has 1 aromatic heterocycles. The lowest BCUT2D eigenvalue weighted by molar-refractivity contribution is 0.0696. The van der Waals surface area contributed by atoms with E-state index < -0.39 is 5.97 Å². The lowest BCUT2D eigenvalue weighted by Gasteiger charge is -1.87. The Labute approximate surface area is 84.4 Å². The summed E-state index contributed by atoms with van der Waals surface area (Å²) < 4.78 is 0. The second-order valence-electron chi connectivity index (χ2n) is 1.75. The van der Waals surface area contributed by atoms with Crippen molar-refractivity contribution in [3.63, 3.8) is 0 Å². The van der Waals surface area contributed by atoms with E-state index in [9.17, 15) is 4.79 Å². The van der Waals surface area contributed by atoms with Gasteiger partial charge in [0.1, 0.15) is 0 Å². The molecule has 0 aliphatic rings. The Balaban J connectivity index is 0. The van der Waals surface area contributed by atoms with Crippen LogP contribution >= 0.6 is 0 Å². The van der Waals surface area contributed by atoms with E-state index in [0.29, 0.717) is 0 Å². The number of pyridine rings is 1. The third-order valence-electron chi connectivity index (χ3n) is 0.908. The van der Waals surface area contributed by atoms with Crippen molar-refractivity contribution in [3.05, 3.63) is 30.1 Å². The molecular formula is C8H7N3O4. The zero-order valence-electron chi connectivity index (χ0n) is 7.43. The van der Waals surface area contributed by atoms with Crippen LogP contribution in [0, 0.1) is 10.8 Å². The number of hydrogen-bond donors (Lipinski definition) is 3. The first-order valence-corrected chi connectivity index (χ1v) is 3.35. The number of carbonyl (C=O) groups excluding carboxylic acids is 2. The van der Waals surface area contributed by atoms with Crippen molar-refractivity contribution in [1.29, 1.82) is 10.8 Å². The summed E-state index contributed by atoms with van der Waals surface area (Å²) in [4.78, 5) is 30.5. The van der Waals surface area contributed by atoms with E-state index in [2.05, 4.69) is 4.98 Å². The number of carboxylic acids is 1. The number of rotatable bonds is 1. The Kier molecular flexibility index (Phi) is 11.3.